The van der Waals surface area contributed by atoms with Crippen LogP contribution in [0.3, 0.4) is 0 Å². The SMILES string of the molecule is CCn1ccc2c([N+](=O)[O-])c[c]cc21. The molecular weight excluding hydrogens is 180 g/mol. The minimum absolute atomic E-state index is 0.120. The maximum atomic E-state index is 10.7. The van der Waals surface area contributed by atoms with Gasteiger partial charge in [0.25, 0.3) is 5.69 Å². The summed E-state index contributed by atoms with van der Waals surface area (Å²) in [7, 11) is 0. The molecule has 0 saturated heterocycles. The van der Waals surface area contributed by atoms with E-state index in [2.05, 4.69) is 6.07 Å². The molecule has 0 aliphatic heterocycles. The van der Waals surface area contributed by atoms with Crippen LogP contribution in [0.2, 0.25) is 0 Å². The van der Waals surface area contributed by atoms with Gasteiger partial charge in [0.2, 0.25) is 0 Å². The minimum atomic E-state index is -0.376. The summed E-state index contributed by atoms with van der Waals surface area (Å²) in [4.78, 5) is 10.3. The second-order valence-corrected chi connectivity index (χ2v) is 3.00. The Morgan fingerprint density at radius 2 is 2.36 bits per heavy atom. The summed E-state index contributed by atoms with van der Waals surface area (Å²) in [6, 6.07) is 7.73. The van der Waals surface area contributed by atoms with Crippen molar-refractivity contribution in [2.75, 3.05) is 0 Å². The van der Waals surface area contributed by atoms with Gasteiger partial charge < -0.3 is 4.57 Å². The number of aryl methyl sites for hydroxylation is 1. The van der Waals surface area contributed by atoms with E-state index in [1.165, 1.54) is 6.07 Å². The summed E-state index contributed by atoms with van der Waals surface area (Å²) in [6.45, 7) is 2.80. The summed E-state index contributed by atoms with van der Waals surface area (Å²) in [6.07, 6.45) is 1.85. The first kappa shape index (κ1) is 8.74. The van der Waals surface area contributed by atoms with Gasteiger partial charge in [-0.05, 0) is 25.1 Å². The number of hydrogen-bond donors (Lipinski definition) is 0. The second-order valence-electron chi connectivity index (χ2n) is 3.00. The third-order valence-corrected chi connectivity index (χ3v) is 2.26. The molecule has 0 unspecified atom stereocenters. The standard InChI is InChI=1S/C10H9N2O2/c1-2-11-7-6-8-9(11)4-3-5-10(8)12(13)14/h4-7H,2H2,1H3. The lowest BCUT2D eigenvalue weighted by Crippen LogP contribution is -1.92. The quantitative estimate of drug-likeness (QED) is 0.537. The molecular formula is C10H9N2O2. The summed E-state index contributed by atoms with van der Waals surface area (Å²) in [5.41, 5.74) is 0.983. The van der Waals surface area contributed by atoms with Crippen LogP contribution in [0.4, 0.5) is 5.69 Å². The molecule has 0 fully saturated rings. The van der Waals surface area contributed by atoms with E-state index < -0.39 is 0 Å². The van der Waals surface area contributed by atoms with Crippen LogP contribution in [0.5, 0.6) is 0 Å². The van der Waals surface area contributed by atoms with Gasteiger partial charge in [-0.1, -0.05) is 0 Å². The number of nitro benzene ring substituents is 1. The van der Waals surface area contributed by atoms with Gasteiger partial charge in [0, 0.05) is 18.8 Å². The van der Waals surface area contributed by atoms with E-state index in [0.717, 1.165) is 12.1 Å². The lowest BCUT2D eigenvalue weighted by atomic mass is 10.2. The van der Waals surface area contributed by atoms with E-state index in [4.69, 9.17) is 0 Å². The molecule has 2 rings (SSSR count). The van der Waals surface area contributed by atoms with Crippen molar-refractivity contribution < 1.29 is 4.92 Å². The number of nitro groups is 1. The normalized spacial score (nSPS) is 10.6. The molecule has 2 aromatic rings. The number of fused-ring (bicyclic) bond motifs is 1. The number of hydrogen-bond acceptors (Lipinski definition) is 2. The Morgan fingerprint density at radius 1 is 1.57 bits per heavy atom. The van der Waals surface area contributed by atoms with Crippen LogP contribution in [0.15, 0.2) is 24.4 Å². The van der Waals surface area contributed by atoms with Gasteiger partial charge in [0.15, 0.2) is 0 Å². The zero-order valence-electron chi connectivity index (χ0n) is 7.73. The summed E-state index contributed by atoms with van der Waals surface area (Å²) in [5, 5.41) is 11.4. The third-order valence-electron chi connectivity index (χ3n) is 2.26. The Hall–Kier alpha value is -1.84. The van der Waals surface area contributed by atoms with Crippen LogP contribution in [-0.4, -0.2) is 9.49 Å². The molecule has 0 bridgehead atoms. The predicted molar refractivity (Wildman–Crippen MR) is 53.1 cm³/mol. The number of aromatic nitrogens is 1. The van der Waals surface area contributed by atoms with Crippen molar-refractivity contribution in [2.45, 2.75) is 13.5 Å². The van der Waals surface area contributed by atoms with Gasteiger partial charge in [-0.2, -0.15) is 0 Å². The fraction of sp³-hybridized carbons (Fsp3) is 0.200. The Bertz CT molecular complexity index is 488. The van der Waals surface area contributed by atoms with Crippen molar-refractivity contribution in [1.29, 1.82) is 0 Å². The number of benzene rings is 1. The van der Waals surface area contributed by atoms with Crippen molar-refractivity contribution in [3.05, 3.63) is 40.6 Å². The largest absolute Gasteiger partial charge is 0.348 e. The smallest absolute Gasteiger partial charge is 0.279 e. The Balaban J connectivity index is 2.76. The van der Waals surface area contributed by atoms with Crippen LogP contribution >= 0.6 is 0 Å². The van der Waals surface area contributed by atoms with E-state index in [9.17, 15) is 10.1 Å². The molecule has 1 radical (unpaired) electrons. The monoisotopic (exact) mass is 189 g/mol. The highest BCUT2D eigenvalue weighted by molar-refractivity contribution is 5.88. The highest BCUT2D eigenvalue weighted by Gasteiger charge is 2.12. The van der Waals surface area contributed by atoms with Crippen molar-refractivity contribution in [3.63, 3.8) is 0 Å². The molecule has 0 N–H and O–H groups in total. The van der Waals surface area contributed by atoms with Gasteiger partial charge in [0.1, 0.15) is 0 Å². The molecule has 0 amide bonds. The molecule has 1 heterocycles. The first-order chi connectivity index (χ1) is 6.74. The Labute approximate surface area is 80.9 Å². The zero-order valence-corrected chi connectivity index (χ0v) is 7.73. The number of non-ortho nitro benzene ring substituents is 1. The van der Waals surface area contributed by atoms with Gasteiger partial charge in [-0.3, -0.25) is 10.1 Å². The molecule has 0 saturated carbocycles. The molecule has 0 aliphatic carbocycles. The van der Waals surface area contributed by atoms with Crippen LogP contribution < -0.4 is 0 Å². The summed E-state index contributed by atoms with van der Waals surface area (Å²) < 4.78 is 1.96. The maximum absolute atomic E-state index is 10.7. The van der Waals surface area contributed by atoms with Crippen LogP contribution in [0.1, 0.15) is 6.92 Å². The van der Waals surface area contributed by atoms with Crippen LogP contribution in [-0.2, 0) is 6.54 Å². The van der Waals surface area contributed by atoms with E-state index in [1.807, 2.05) is 17.7 Å². The maximum Gasteiger partial charge on any atom is 0.279 e. The minimum Gasteiger partial charge on any atom is -0.348 e. The molecule has 0 atom stereocenters. The van der Waals surface area contributed by atoms with Gasteiger partial charge in [-0.15, -0.1) is 0 Å². The molecule has 14 heavy (non-hydrogen) atoms. The fourth-order valence-corrected chi connectivity index (χ4v) is 1.57. The topological polar surface area (TPSA) is 48.1 Å². The lowest BCUT2D eigenvalue weighted by Gasteiger charge is -1.99. The average molecular weight is 189 g/mol. The van der Waals surface area contributed by atoms with E-state index in [1.54, 1.807) is 12.1 Å². The van der Waals surface area contributed by atoms with Gasteiger partial charge >= 0.3 is 0 Å². The molecule has 0 aliphatic rings. The first-order valence-electron chi connectivity index (χ1n) is 4.37. The summed E-state index contributed by atoms with van der Waals surface area (Å²) in [5.74, 6) is 0. The van der Waals surface area contributed by atoms with Crippen LogP contribution in [0, 0.1) is 16.2 Å². The van der Waals surface area contributed by atoms with E-state index >= 15 is 0 Å². The van der Waals surface area contributed by atoms with Crippen molar-refractivity contribution >= 4 is 16.6 Å². The van der Waals surface area contributed by atoms with Gasteiger partial charge in [0.05, 0.1) is 15.8 Å². The Kier molecular flexibility index (Phi) is 1.96. The summed E-state index contributed by atoms with van der Waals surface area (Å²) >= 11 is 0. The van der Waals surface area contributed by atoms with E-state index in [-0.39, 0.29) is 10.6 Å². The average Bonchev–Trinajstić information content (AvgIpc) is 2.59. The van der Waals surface area contributed by atoms with Crippen molar-refractivity contribution in [2.24, 2.45) is 0 Å². The number of rotatable bonds is 2. The highest BCUT2D eigenvalue weighted by Crippen LogP contribution is 2.25. The van der Waals surface area contributed by atoms with E-state index in [0.29, 0.717) is 5.39 Å². The Morgan fingerprint density at radius 3 is 3.00 bits per heavy atom. The zero-order chi connectivity index (χ0) is 10.1. The lowest BCUT2D eigenvalue weighted by molar-refractivity contribution is -0.383. The molecule has 4 heteroatoms. The first-order valence-corrected chi connectivity index (χ1v) is 4.37. The van der Waals surface area contributed by atoms with Crippen molar-refractivity contribution in [1.82, 2.24) is 4.57 Å². The molecule has 4 nitrogen and oxygen atoms in total. The molecule has 1 aromatic heterocycles. The number of nitrogens with zero attached hydrogens (tertiary/aromatic N) is 2. The predicted octanol–water partition coefficient (Wildman–Crippen LogP) is 2.37. The second kappa shape index (κ2) is 3.14. The van der Waals surface area contributed by atoms with Crippen LogP contribution in [0.25, 0.3) is 10.9 Å². The van der Waals surface area contributed by atoms with Crippen molar-refractivity contribution in [3.8, 4) is 0 Å². The van der Waals surface area contributed by atoms with Gasteiger partial charge in [-0.25, -0.2) is 0 Å². The fourth-order valence-electron chi connectivity index (χ4n) is 1.57. The molecule has 71 valence electrons. The molecule has 1 aromatic carbocycles. The molecule has 0 spiro atoms. The third kappa shape index (κ3) is 1.16. The highest BCUT2D eigenvalue weighted by atomic mass is 16.6.